The largest absolute Gasteiger partial charge is 0.377 e. The Balaban J connectivity index is 1.53. The zero-order valence-corrected chi connectivity index (χ0v) is 10.9. The van der Waals surface area contributed by atoms with Gasteiger partial charge in [0.1, 0.15) is 0 Å². The van der Waals surface area contributed by atoms with Gasteiger partial charge in [-0.2, -0.15) is 0 Å². The van der Waals surface area contributed by atoms with E-state index in [0.29, 0.717) is 25.2 Å². The molecule has 2 unspecified atom stereocenters. The molecule has 0 spiro atoms. The number of nitrogens with zero attached hydrogens (tertiary/aromatic N) is 1. The minimum atomic E-state index is 0.148. The number of carbonyl (C=O) groups is 1. The third-order valence-corrected chi connectivity index (χ3v) is 4.45. The Morgan fingerprint density at radius 3 is 2.78 bits per heavy atom. The highest BCUT2D eigenvalue weighted by Crippen LogP contribution is 2.35. The SMILES string of the molecule is O=C(NCC1=CCOCC1)N1C2CCCC1CC2. The van der Waals surface area contributed by atoms with Crippen molar-refractivity contribution in [1.82, 2.24) is 10.2 Å². The Hall–Kier alpha value is -1.03. The van der Waals surface area contributed by atoms with Gasteiger partial charge in [-0.1, -0.05) is 11.6 Å². The monoisotopic (exact) mass is 250 g/mol. The average molecular weight is 250 g/mol. The third-order valence-electron chi connectivity index (χ3n) is 4.45. The molecular formula is C14H22N2O2. The Kier molecular flexibility index (Phi) is 3.55. The van der Waals surface area contributed by atoms with E-state index in [1.807, 2.05) is 0 Å². The summed E-state index contributed by atoms with van der Waals surface area (Å²) in [6.07, 6.45) is 9.13. The zero-order chi connectivity index (χ0) is 12.4. The number of nitrogens with one attached hydrogen (secondary N) is 1. The molecule has 2 bridgehead atoms. The van der Waals surface area contributed by atoms with Crippen molar-refractivity contribution in [2.75, 3.05) is 19.8 Å². The smallest absolute Gasteiger partial charge is 0.318 e. The van der Waals surface area contributed by atoms with Crippen LogP contribution in [0.25, 0.3) is 0 Å². The fourth-order valence-electron chi connectivity index (χ4n) is 3.46. The highest BCUT2D eigenvalue weighted by atomic mass is 16.5. The van der Waals surface area contributed by atoms with Crippen LogP contribution in [0.2, 0.25) is 0 Å². The van der Waals surface area contributed by atoms with E-state index < -0.39 is 0 Å². The van der Waals surface area contributed by atoms with Crippen LogP contribution in [-0.4, -0.2) is 42.8 Å². The molecule has 0 aliphatic carbocycles. The van der Waals surface area contributed by atoms with Gasteiger partial charge in [0, 0.05) is 18.6 Å². The Morgan fingerprint density at radius 2 is 2.11 bits per heavy atom. The first-order valence-corrected chi connectivity index (χ1v) is 7.16. The van der Waals surface area contributed by atoms with Gasteiger partial charge in [0.25, 0.3) is 0 Å². The second kappa shape index (κ2) is 5.31. The third kappa shape index (κ3) is 2.39. The van der Waals surface area contributed by atoms with Crippen molar-refractivity contribution in [3.05, 3.63) is 11.6 Å². The second-order valence-electron chi connectivity index (χ2n) is 5.57. The predicted octanol–water partition coefficient (Wildman–Crippen LogP) is 2.06. The molecule has 3 rings (SSSR count). The summed E-state index contributed by atoms with van der Waals surface area (Å²) in [7, 11) is 0. The van der Waals surface area contributed by atoms with Crippen LogP contribution in [0.1, 0.15) is 38.5 Å². The number of hydrogen-bond donors (Lipinski definition) is 1. The zero-order valence-electron chi connectivity index (χ0n) is 10.9. The number of carbonyl (C=O) groups excluding carboxylic acids is 1. The van der Waals surface area contributed by atoms with Gasteiger partial charge in [0.2, 0.25) is 0 Å². The summed E-state index contributed by atoms with van der Waals surface area (Å²) in [5.74, 6) is 0. The standard InChI is InChI=1S/C14H22N2O2/c17-14(15-10-11-6-8-18-9-7-11)16-12-2-1-3-13(16)5-4-12/h6,12-13H,1-5,7-10H2,(H,15,17). The average Bonchev–Trinajstić information content (AvgIpc) is 2.67. The van der Waals surface area contributed by atoms with Crippen molar-refractivity contribution < 1.29 is 9.53 Å². The van der Waals surface area contributed by atoms with Gasteiger partial charge >= 0.3 is 6.03 Å². The summed E-state index contributed by atoms with van der Waals surface area (Å²) in [6.45, 7) is 2.18. The van der Waals surface area contributed by atoms with Crippen LogP contribution >= 0.6 is 0 Å². The summed E-state index contributed by atoms with van der Waals surface area (Å²) in [5, 5.41) is 3.09. The van der Waals surface area contributed by atoms with Crippen molar-refractivity contribution in [3.8, 4) is 0 Å². The van der Waals surface area contributed by atoms with Gasteiger partial charge < -0.3 is 15.0 Å². The van der Waals surface area contributed by atoms with Gasteiger partial charge in [-0.25, -0.2) is 4.79 Å². The molecule has 0 radical (unpaired) electrons. The molecule has 0 aromatic rings. The fourth-order valence-corrected chi connectivity index (χ4v) is 3.46. The molecule has 2 amide bonds. The lowest BCUT2D eigenvalue weighted by Crippen LogP contribution is -2.49. The first-order chi connectivity index (χ1) is 8.84. The summed E-state index contributed by atoms with van der Waals surface area (Å²) in [6, 6.07) is 1.16. The lowest BCUT2D eigenvalue weighted by atomic mass is 10.0. The molecule has 3 aliphatic heterocycles. The predicted molar refractivity (Wildman–Crippen MR) is 69.4 cm³/mol. The number of fused-ring (bicyclic) bond motifs is 2. The summed E-state index contributed by atoms with van der Waals surface area (Å²) in [5.41, 5.74) is 1.30. The van der Waals surface area contributed by atoms with E-state index in [1.165, 1.54) is 37.7 Å². The van der Waals surface area contributed by atoms with Crippen LogP contribution in [0.5, 0.6) is 0 Å². The van der Waals surface area contributed by atoms with Gasteiger partial charge in [-0.05, 0) is 38.5 Å². The number of piperidine rings is 1. The number of amides is 2. The van der Waals surface area contributed by atoms with E-state index in [9.17, 15) is 4.79 Å². The molecule has 3 heterocycles. The van der Waals surface area contributed by atoms with E-state index in [-0.39, 0.29) is 6.03 Å². The van der Waals surface area contributed by atoms with Crippen LogP contribution in [-0.2, 0) is 4.74 Å². The topological polar surface area (TPSA) is 41.6 Å². The molecule has 2 saturated heterocycles. The molecule has 18 heavy (non-hydrogen) atoms. The second-order valence-corrected chi connectivity index (χ2v) is 5.57. The van der Waals surface area contributed by atoms with Crippen molar-refractivity contribution in [2.45, 2.75) is 50.6 Å². The fraction of sp³-hybridized carbons (Fsp3) is 0.786. The van der Waals surface area contributed by atoms with E-state index in [1.54, 1.807) is 0 Å². The van der Waals surface area contributed by atoms with E-state index >= 15 is 0 Å². The summed E-state index contributed by atoms with van der Waals surface area (Å²) >= 11 is 0. The van der Waals surface area contributed by atoms with Crippen molar-refractivity contribution in [2.24, 2.45) is 0 Å². The Morgan fingerprint density at radius 1 is 1.33 bits per heavy atom. The molecule has 0 saturated carbocycles. The molecule has 0 aromatic heterocycles. The van der Waals surface area contributed by atoms with Crippen LogP contribution in [0.4, 0.5) is 4.79 Å². The van der Waals surface area contributed by atoms with E-state index in [4.69, 9.17) is 4.74 Å². The van der Waals surface area contributed by atoms with Crippen molar-refractivity contribution in [1.29, 1.82) is 0 Å². The molecule has 1 N–H and O–H groups in total. The van der Waals surface area contributed by atoms with Gasteiger partial charge in [0.15, 0.2) is 0 Å². The lowest BCUT2D eigenvalue weighted by molar-refractivity contribution is 0.144. The number of urea groups is 1. The van der Waals surface area contributed by atoms with Crippen LogP contribution < -0.4 is 5.32 Å². The highest BCUT2D eigenvalue weighted by molar-refractivity contribution is 5.75. The molecule has 2 fully saturated rings. The highest BCUT2D eigenvalue weighted by Gasteiger charge is 2.39. The molecule has 3 aliphatic rings. The Labute approximate surface area is 108 Å². The molecular weight excluding hydrogens is 228 g/mol. The molecule has 4 heteroatoms. The molecule has 4 nitrogen and oxygen atoms in total. The number of ether oxygens (including phenoxy) is 1. The van der Waals surface area contributed by atoms with Crippen LogP contribution in [0.3, 0.4) is 0 Å². The summed E-state index contributed by atoms with van der Waals surface area (Å²) in [4.78, 5) is 14.4. The molecule has 100 valence electrons. The number of rotatable bonds is 2. The van der Waals surface area contributed by atoms with Gasteiger partial charge in [0.05, 0.1) is 13.2 Å². The first-order valence-electron chi connectivity index (χ1n) is 7.16. The lowest BCUT2D eigenvalue weighted by Gasteiger charge is -2.34. The Bertz CT molecular complexity index is 338. The van der Waals surface area contributed by atoms with E-state index in [2.05, 4.69) is 16.3 Å². The maximum absolute atomic E-state index is 12.3. The van der Waals surface area contributed by atoms with Gasteiger partial charge in [-0.15, -0.1) is 0 Å². The molecule has 0 aromatic carbocycles. The quantitative estimate of drug-likeness (QED) is 0.762. The minimum Gasteiger partial charge on any atom is -0.377 e. The summed E-state index contributed by atoms with van der Waals surface area (Å²) < 4.78 is 5.27. The maximum Gasteiger partial charge on any atom is 0.318 e. The van der Waals surface area contributed by atoms with Crippen LogP contribution in [0, 0.1) is 0 Å². The van der Waals surface area contributed by atoms with Crippen molar-refractivity contribution >= 4 is 6.03 Å². The van der Waals surface area contributed by atoms with Crippen molar-refractivity contribution in [3.63, 3.8) is 0 Å². The van der Waals surface area contributed by atoms with Crippen LogP contribution in [0.15, 0.2) is 11.6 Å². The first kappa shape index (κ1) is 12.0. The maximum atomic E-state index is 12.3. The van der Waals surface area contributed by atoms with Gasteiger partial charge in [-0.3, -0.25) is 0 Å². The molecule has 2 atom stereocenters. The normalized spacial score (nSPS) is 31.1. The van der Waals surface area contributed by atoms with E-state index in [0.717, 1.165) is 13.0 Å². The minimum absolute atomic E-state index is 0.148. The number of hydrogen-bond acceptors (Lipinski definition) is 2.